The molecule has 3 rings (SSSR count). The van der Waals surface area contributed by atoms with Gasteiger partial charge in [-0.25, -0.2) is 0 Å². The van der Waals surface area contributed by atoms with Gasteiger partial charge < -0.3 is 14.4 Å². The van der Waals surface area contributed by atoms with Crippen LogP contribution in [0.4, 0.5) is 0 Å². The van der Waals surface area contributed by atoms with Crippen molar-refractivity contribution in [2.45, 2.75) is 11.9 Å². The molecule has 0 N–H and O–H groups in total. The molecule has 23 heavy (non-hydrogen) atoms. The predicted molar refractivity (Wildman–Crippen MR) is 91.7 cm³/mol. The van der Waals surface area contributed by atoms with E-state index >= 15 is 0 Å². The van der Waals surface area contributed by atoms with Gasteiger partial charge >= 0.3 is 0 Å². The summed E-state index contributed by atoms with van der Waals surface area (Å²) < 4.78 is 10.7. The van der Waals surface area contributed by atoms with E-state index in [0.717, 1.165) is 11.1 Å². The second kappa shape index (κ2) is 6.96. The lowest BCUT2D eigenvalue weighted by Gasteiger charge is -2.25. The molecule has 2 aromatic carbocycles. The molecule has 120 valence electrons. The van der Waals surface area contributed by atoms with Crippen molar-refractivity contribution in [2.75, 3.05) is 20.0 Å². The van der Waals surface area contributed by atoms with Crippen molar-refractivity contribution < 1.29 is 14.3 Å². The highest BCUT2D eigenvalue weighted by atomic mass is 32.2. The number of benzene rings is 2. The molecule has 0 aromatic heterocycles. The Labute approximate surface area is 140 Å². The molecule has 5 heteroatoms. The molecule has 1 atom stereocenters. The maximum Gasteiger partial charge on any atom is 0.234 e. The van der Waals surface area contributed by atoms with E-state index in [4.69, 9.17) is 9.47 Å². The number of thioether (sulfide) groups is 1. The number of hydrogen-bond donors (Lipinski definition) is 0. The lowest BCUT2D eigenvalue weighted by Crippen LogP contribution is -2.27. The molecule has 1 aliphatic rings. The number of nitrogens with zero attached hydrogens (tertiary/aromatic N) is 1. The minimum atomic E-state index is 0.00233. The van der Waals surface area contributed by atoms with Crippen molar-refractivity contribution in [1.29, 1.82) is 0 Å². The highest BCUT2D eigenvalue weighted by molar-refractivity contribution is 8.00. The van der Waals surface area contributed by atoms with Gasteiger partial charge in [0.15, 0.2) is 11.5 Å². The molecule has 0 saturated carbocycles. The number of methoxy groups -OCH3 is 2. The van der Waals surface area contributed by atoms with Crippen molar-refractivity contribution in [3.05, 3.63) is 59.7 Å². The SMILES string of the molecule is COc1ccc(C2SCC(=O)N2Cc2ccccc2)cc1OC. The van der Waals surface area contributed by atoms with Gasteiger partial charge in [-0.05, 0) is 23.3 Å². The summed E-state index contributed by atoms with van der Waals surface area (Å²) in [6.45, 7) is 0.617. The van der Waals surface area contributed by atoms with E-state index in [1.54, 1.807) is 26.0 Å². The fourth-order valence-electron chi connectivity index (χ4n) is 2.69. The fourth-order valence-corrected chi connectivity index (χ4v) is 3.87. The molecule has 0 radical (unpaired) electrons. The molecular formula is C18H19NO3S. The lowest BCUT2D eigenvalue weighted by molar-refractivity contribution is -0.128. The van der Waals surface area contributed by atoms with E-state index in [1.807, 2.05) is 53.4 Å². The van der Waals surface area contributed by atoms with Gasteiger partial charge in [-0.15, -0.1) is 11.8 Å². The van der Waals surface area contributed by atoms with E-state index in [-0.39, 0.29) is 11.3 Å². The zero-order chi connectivity index (χ0) is 16.2. The lowest BCUT2D eigenvalue weighted by atomic mass is 10.1. The summed E-state index contributed by atoms with van der Waals surface area (Å²) in [6.07, 6.45) is 0. The second-order valence-electron chi connectivity index (χ2n) is 5.29. The van der Waals surface area contributed by atoms with Gasteiger partial charge in [0.05, 0.1) is 20.0 Å². The first kappa shape index (κ1) is 15.7. The third-order valence-electron chi connectivity index (χ3n) is 3.86. The monoisotopic (exact) mass is 329 g/mol. The molecule has 1 saturated heterocycles. The Morgan fingerprint density at radius 3 is 2.52 bits per heavy atom. The molecule has 0 spiro atoms. The minimum Gasteiger partial charge on any atom is -0.493 e. The Morgan fingerprint density at radius 1 is 1.09 bits per heavy atom. The maximum atomic E-state index is 12.3. The van der Waals surface area contributed by atoms with Crippen LogP contribution in [0.2, 0.25) is 0 Å². The largest absolute Gasteiger partial charge is 0.493 e. The summed E-state index contributed by atoms with van der Waals surface area (Å²) in [5.41, 5.74) is 2.18. The minimum absolute atomic E-state index is 0.00233. The van der Waals surface area contributed by atoms with E-state index in [2.05, 4.69) is 0 Å². The number of ether oxygens (including phenoxy) is 2. The van der Waals surface area contributed by atoms with Crippen LogP contribution in [0.3, 0.4) is 0 Å². The molecule has 0 aliphatic carbocycles. The first-order valence-electron chi connectivity index (χ1n) is 7.40. The van der Waals surface area contributed by atoms with Crippen molar-refractivity contribution >= 4 is 17.7 Å². The van der Waals surface area contributed by atoms with Gasteiger partial charge in [-0.1, -0.05) is 36.4 Å². The molecule has 0 bridgehead atoms. The van der Waals surface area contributed by atoms with E-state index in [9.17, 15) is 4.79 Å². The highest BCUT2D eigenvalue weighted by Crippen LogP contribution is 2.42. The summed E-state index contributed by atoms with van der Waals surface area (Å²) in [5, 5.41) is 0.00233. The molecule has 4 nitrogen and oxygen atoms in total. The first-order chi connectivity index (χ1) is 11.2. The summed E-state index contributed by atoms with van der Waals surface area (Å²) in [7, 11) is 3.24. The Balaban J connectivity index is 1.87. The van der Waals surface area contributed by atoms with Crippen LogP contribution in [-0.2, 0) is 11.3 Å². The molecule has 2 aromatic rings. The van der Waals surface area contributed by atoms with E-state index in [1.165, 1.54) is 0 Å². The average molecular weight is 329 g/mol. The van der Waals surface area contributed by atoms with Crippen LogP contribution in [0.1, 0.15) is 16.5 Å². The van der Waals surface area contributed by atoms with Crippen molar-refractivity contribution in [3.63, 3.8) is 0 Å². The number of carbonyl (C=O) groups is 1. The molecule has 1 heterocycles. The number of rotatable bonds is 5. The molecule has 1 amide bonds. The Hall–Kier alpha value is -2.14. The van der Waals surface area contributed by atoms with Crippen LogP contribution < -0.4 is 9.47 Å². The maximum absolute atomic E-state index is 12.3. The average Bonchev–Trinajstić information content (AvgIpc) is 2.96. The summed E-state index contributed by atoms with van der Waals surface area (Å²) in [4.78, 5) is 14.2. The molecule has 1 fully saturated rings. The van der Waals surface area contributed by atoms with E-state index in [0.29, 0.717) is 23.8 Å². The molecule has 1 unspecified atom stereocenters. The quantitative estimate of drug-likeness (QED) is 0.842. The number of hydrogen-bond acceptors (Lipinski definition) is 4. The van der Waals surface area contributed by atoms with E-state index < -0.39 is 0 Å². The zero-order valence-corrected chi connectivity index (χ0v) is 14.0. The number of amides is 1. The van der Waals surface area contributed by atoms with Crippen LogP contribution >= 0.6 is 11.8 Å². The fraction of sp³-hybridized carbons (Fsp3) is 0.278. The van der Waals surface area contributed by atoms with Gasteiger partial charge in [0.1, 0.15) is 5.37 Å². The van der Waals surface area contributed by atoms with Gasteiger partial charge in [0, 0.05) is 6.54 Å². The van der Waals surface area contributed by atoms with Crippen molar-refractivity contribution in [1.82, 2.24) is 4.90 Å². The predicted octanol–water partition coefficient (Wildman–Crippen LogP) is 3.48. The van der Waals surface area contributed by atoms with Crippen molar-refractivity contribution in [2.24, 2.45) is 0 Å². The smallest absolute Gasteiger partial charge is 0.234 e. The van der Waals surface area contributed by atoms with Crippen LogP contribution in [0, 0.1) is 0 Å². The third-order valence-corrected chi connectivity index (χ3v) is 5.11. The van der Waals surface area contributed by atoms with Crippen LogP contribution in [0.5, 0.6) is 11.5 Å². The highest BCUT2D eigenvalue weighted by Gasteiger charge is 2.33. The van der Waals surface area contributed by atoms with Gasteiger partial charge in [0.25, 0.3) is 0 Å². The van der Waals surface area contributed by atoms with Crippen LogP contribution in [-0.4, -0.2) is 30.8 Å². The summed E-state index contributed by atoms with van der Waals surface area (Å²) in [5.74, 6) is 2.05. The summed E-state index contributed by atoms with van der Waals surface area (Å²) in [6, 6.07) is 15.9. The topological polar surface area (TPSA) is 38.8 Å². The van der Waals surface area contributed by atoms with Crippen molar-refractivity contribution in [3.8, 4) is 11.5 Å². The number of carbonyl (C=O) groups excluding carboxylic acids is 1. The Bertz CT molecular complexity index is 690. The molecular weight excluding hydrogens is 310 g/mol. The van der Waals surface area contributed by atoms with Gasteiger partial charge in [0.2, 0.25) is 5.91 Å². The normalized spacial score (nSPS) is 17.4. The van der Waals surface area contributed by atoms with Gasteiger partial charge in [-0.3, -0.25) is 4.79 Å². The Morgan fingerprint density at radius 2 is 1.83 bits per heavy atom. The third kappa shape index (κ3) is 3.29. The second-order valence-corrected chi connectivity index (χ2v) is 6.35. The first-order valence-corrected chi connectivity index (χ1v) is 8.44. The van der Waals surface area contributed by atoms with Crippen LogP contribution in [0.15, 0.2) is 48.5 Å². The summed E-state index contributed by atoms with van der Waals surface area (Å²) >= 11 is 1.64. The standard InChI is InChI=1S/C18H19NO3S/c1-21-15-9-8-14(10-16(15)22-2)18-19(17(20)12-23-18)11-13-6-4-3-5-7-13/h3-10,18H,11-12H2,1-2H3. The molecule has 1 aliphatic heterocycles. The zero-order valence-electron chi connectivity index (χ0n) is 13.2. The Kier molecular flexibility index (Phi) is 4.76. The van der Waals surface area contributed by atoms with Gasteiger partial charge in [-0.2, -0.15) is 0 Å². The van der Waals surface area contributed by atoms with Crippen LogP contribution in [0.25, 0.3) is 0 Å².